The van der Waals surface area contributed by atoms with Crippen LogP contribution >= 0.6 is 0 Å². The summed E-state index contributed by atoms with van der Waals surface area (Å²) in [5, 5.41) is 47.6. The fourth-order valence-electron chi connectivity index (χ4n) is 0.250. The molecule has 0 aliphatic carbocycles. The first-order valence-corrected chi connectivity index (χ1v) is 6.66. The third kappa shape index (κ3) is 1400. The van der Waals surface area contributed by atoms with Crippen LogP contribution in [0.3, 0.4) is 0 Å². The van der Waals surface area contributed by atoms with Gasteiger partial charge >= 0.3 is 148 Å². The molecule has 0 aromatic heterocycles. The first-order valence-electron chi connectivity index (χ1n) is 6.66. The molecule has 16 heteroatoms. The number of carbonyl (C=O) groups is 5. The Morgan fingerprint density at radius 1 is 0.467 bits per heavy atom. The van der Waals surface area contributed by atoms with Crippen LogP contribution in [-0.2, 0) is 24.0 Å². The summed E-state index contributed by atoms with van der Waals surface area (Å²) in [4.78, 5) is 44.4. The molecule has 0 aromatic rings. The van der Waals surface area contributed by atoms with Crippen molar-refractivity contribution in [2.75, 3.05) is 13.1 Å². The molecule has 152 valence electrons. The summed E-state index contributed by atoms with van der Waals surface area (Å²) in [7, 11) is 0. The molecular formula is C14H26NNa5O10. The molecule has 0 aromatic carbocycles. The zero-order valence-electron chi connectivity index (χ0n) is 20.5. The summed E-state index contributed by atoms with van der Waals surface area (Å²) in [5.41, 5.74) is 0. The Hall–Kier alpha value is 2.31. The van der Waals surface area contributed by atoms with Crippen molar-refractivity contribution in [3.8, 4) is 0 Å². The second-order valence-corrected chi connectivity index (χ2v) is 3.42. The Morgan fingerprint density at radius 3 is 0.533 bits per heavy atom. The first-order chi connectivity index (χ1) is 11.1. The van der Waals surface area contributed by atoms with E-state index in [0.717, 1.165) is 47.7 Å². The molecule has 0 heterocycles. The van der Waals surface area contributed by atoms with Crippen molar-refractivity contribution in [2.24, 2.45) is 0 Å². The van der Waals surface area contributed by atoms with Crippen molar-refractivity contribution < 1.29 is 197 Å². The molecule has 0 saturated heterocycles. The molecule has 0 radical (unpaired) electrons. The molecule has 1 N–H and O–H groups in total. The molecular weight excluding hydrogens is 457 g/mol. The van der Waals surface area contributed by atoms with E-state index in [0.29, 0.717) is 0 Å². The Labute approximate surface area is 289 Å². The van der Waals surface area contributed by atoms with Gasteiger partial charge in [0, 0.05) is 29.8 Å². The van der Waals surface area contributed by atoms with Crippen LogP contribution in [0, 0.1) is 0 Å². The third-order valence-corrected chi connectivity index (χ3v) is 0.500. The number of nitrogens with one attached hydrogen (secondary N) is 1. The van der Waals surface area contributed by atoms with Crippen LogP contribution < -0.4 is 179 Å². The minimum atomic E-state index is -1.08. The molecule has 0 atom stereocenters. The quantitative estimate of drug-likeness (QED) is 0.364. The zero-order valence-corrected chi connectivity index (χ0v) is 30.5. The van der Waals surface area contributed by atoms with Gasteiger partial charge in [0.2, 0.25) is 0 Å². The summed E-state index contributed by atoms with van der Waals surface area (Å²) < 4.78 is 0. The van der Waals surface area contributed by atoms with E-state index >= 15 is 0 Å². The summed E-state index contributed by atoms with van der Waals surface area (Å²) in [6.07, 6.45) is 0. The summed E-state index contributed by atoms with van der Waals surface area (Å²) >= 11 is 0. The number of aliphatic carboxylic acids is 5. The Balaban J connectivity index is -0.0000000156. The molecule has 30 heavy (non-hydrogen) atoms. The molecule has 0 amide bonds. The van der Waals surface area contributed by atoms with Crippen molar-refractivity contribution in [3.05, 3.63) is 0 Å². The van der Waals surface area contributed by atoms with Gasteiger partial charge in [-0.05, 0) is 47.7 Å². The van der Waals surface area contributed by atoms with E-state index in [1.807, 2.05) is 0 Å². The maximum atomic E-state index is 8.89. The fraction of sp³-hybridized carbons (Fsp3) is 0.643. The van der Waals surface area contributed by atoms with Gasteiger partial charge in [-0.15, -0.1) is 0 Å². The second kappa shape index (κ2) is 69.7. The normalized spacial score (nSPS) is 5.57. The largest absolute Gasteiger partial charge is 1.00 e. The molecule has 0 aliphatic rings. The second-order valence-electron chi connectivity index (χ2n) is 3.42. The molecule has 0 spiro atoms. The van der Waals surface area contributed by atoms with Gasteiger partial charge in [0.05, 0.1) is 0 Å². The van der Waals surface area contributed by atoms with Crippen molar-refractivity contribution in [2.45, 2.75) is 48.5 Å². The van der Waals surface area contributed by atoms with Gasteiger partial charge in [0.15, 0.2) is 0 Å². The summed E-state index contributed by atoms with van der Waals surface area (Å²) in [6.45, 7) is 11.2. The van der Waals surface area contributed by atoms with Crippen molar-refractivity contribution in [1.29, 1.82) is 0 Å². The minimum absolute atomic E-state index is 0. The first kappa shape index (κ1) is 69.7. The van der Waals surface area contributed by atoms with Crippen molar-refractivity contribution in [1.82, 2.24) is 5.32 Å². The van der Waals surface area contributed by atoms with E-state index in [1.54, 1.807) is 0 Å². The molecule has 0 aliphatic heterocycles. The maximum absolute atomic E-state index is 8.89. The van der Waals surface area contributed by atoms with Crippen LogP contribution in [0.25, 0.3) is 0 Å². The van der Waals surface area contributed by atoms with Crippen molar-refractivity contribution in [3.63, 3.8) is 0 Å². The third-order valence-electron chi connectivity index (χ3n) is 0.500. The van der Waals surface area contributed by atoms with E-state index < -0.39 is 29.8 Å². The topological polar surface area (TPSA) is 213 Å². The number of carbonyl (C=O) groups excluding carboxylic acids is 5. The van der Waals surface area contributed by atoms with Gasteiger partial charge < -0.3 is 54.8 Å². The van der Waals surface area contributed by atoms with Crippen molar-refractivity contribution >= 4 is 29.8 Å². The average molecular weight is 483 g/mol. The van der Waals surface area contributed by atoms with Gasteiger partial charge in [-0.1, -0.05) is 13.8 Å². The van der Waals surface area contributed by atoms with E-state index in [2.05, 4.69) is 19.2 Å². The van der Waals surface area contributed by atoms with Gasteiger partial charge in [0.1, 0.15) is 0 Å². The summed E-state index contributed by atoms with van der Waals surface area (Å²) in [5.74, 6) is -5.42. The zero-order chi connectivity index (χ0) is 22.0. The summed E-state index contributed by atoms with van der Waals surface area (Å²) in [6, 6.07) is 0. The molecule has 0 fully saturated rings. The van der Waals surface area contributed by atoms with Gasteiger partial charge in [-0.25, -0.2) is 0 Å². The van der Waals surface area contributed by atoms with E-state index in [9.17, 15) is 0 Å². The van der Waals surface area contributed by atoms with Gasteiger partial charge in [-0.2, -0.15) is 0 Å². The molecule has 0 unspecified atom stereocenters. The fourth-order valence-corrected chi connectivity index (χ4v) is 0.250. The molecule has 0 bridgehead atoms. The van der Waals surface area contributed by atoms with Crippen LogP contribution in [-0.4, -0.2) is 42.9 Å². The Kier molecular flexibility index (Phi) is 162. The van der Waals surface area contributed by atoms with Crippen LogP contribution in [0.2, 0.25) is 0 Å². The Morgan fingerprint density at radius 2 is 0.533 bits per heavy atom. The SMILES string of the molecule is CC(=O)[O-].CC(=O)[O-].CC(=O)[O-].CC(=O)[O-].CC(=O)[O-].CCNCC.[Na+].[Na+].[Na+].[Na+].[Na+]. The standard InChI is InChI=1S/C4H11N.5C2H4O2.5Na/c1-3-5-4-2;5*1-2(3)4;;;;;/h5H,3-4H2,1-2H3;5*1H3,(H,3,4);;;;;/q;;;;;;5*+1/p-5. The van der Waals surface area contributed by atoms with Crippen LogP contribution in [0.4, 0.5) is 0 Å². The molecule has 0 rings (SSSR count). The molecule has 0 saturated carbocycles. The van der Waals surface area contributed by atoms with E-state index in [4.69, 9.17) is 49.5 Å². The minimum Gasteiger partial charge on any atom is -0.550 e. The maximum Gasteiger partial charge on any atom is 1.00 e. The smallest absolute Gasteiger partial charge is 0.550 e. The predicted molar refractivity (Wildman–Crippen MR) is 77.6 cm³/mol. The van der Waals surface area contributed by atoms with Gasteiger partial charge in [0.25, 0.3) is 0 Å². The number of carboxylic acid groups (broad SMARTS) is 5. The Bertz CT molecular complexity index is 270. The predicted octanol–water partition coefficient (Wildman–Crippen LogP) is -20.6. The van der Waals surface area contributed by atoms with Crippen LogP contribution in [0.1, 0.15) is 48.5 Å². The number of rotatable bonds is 2. The van der Waals surface area contributed by atoms with E-state index in [1.165, 1.54) is 0 Å². The molecule has 11 nitrogen and oxygen atoms in total. The monoisotopic (exact) mass is 483 g/mol. The van der Waals surface area contributed by atoms with E-state index in [-0.39, 0.29) is 148 Å². The number of carboxylic acids is 5. The van der Waals surface area contributed by atoms with Gasteiger partial charge in [-0.3, -0.25) is 0 Å². The van der Waals surface area contributed by atoms with Crippen LogP contribution in [0.15, 0.2) is 0 Å². The average Bonchev–Trinajstić information content (AvgIpc) is 2.25. The van der Waals surface area contributed by atoms with Crippen LogP contribution in [0.5, 0.6) is 0 Å². The number of hydrogen-bond acceptors (Lipinski definition) is 11. The number of hydrogen-bond donors (Lipinski definition) is 1.